The van der Waals surface area contributed by atoms with E-state index in [4.69, 9.17) is 4.74 Å². The van der Waals surface area contributed by atoms with Crippen molar-refractivity contribution < 1.29 is 9.84 Å². The highest BCUT2D eigenvalue weighted by Crippen LogP contribution is 2.42. The molecule has 0 bridgehead atoms. The fourth-order valence-electron chi connectivity index (χ4n) is 4.14. The normalized spacial score (nSPS) is 24.4. The molecule has 1 saturated carbocycles. The molecule has 5 nitrogen and oxygen atoms in total. The van der Waals surface area contributed by atoms with Gasteiger partial charge in [0.25, 0.3) is 0 Å². The Morgan fingerprint density at radius 3 is 2.84 bits per heavy atom. The average molecular weight is 341 g/mol. The number of aliphatic hydroxyl groups is 1. The molecule has 1 aromatic carbocycles. The van der Waals surface area contributed by atoms with Crippen LogP contribution in [-0.4, -0.2) is 46.1 Å². The predicted molar refractivity (Wildman–Crippen MR) is 96.8 cm³/mol. The third kappa shape index (κ3) is 3.44. The van der Waals surface area contributed by atoms with Gasteiger partial charge in [-0.15, -0.1) is 0 Å². The molecule has 0 amide bonds. The van der Waals surface area contributed by atoms with Gasteiger partial charge in [0.05, 0.1) is 19.4 Å². The number of likely N-dealkylation sites (tertiary alicyclic amines) is 1. The van der Waals surface area contributed by atoms with Crippen molar-refractivity contribution in [3.8, 4) is 5.75 Å². The van der Waals surface area contributed by atoms with E-state index in [-0.39, 0.29) is 12.0 Å². The standard InChI is InChI=1S/C20H27N3O2/c1-22-20(14-6-7-14)16(11-21-22)12-23-9-8-18(19(24)13-23)15-4-3-5-17(10-15)25-2/h3-5,10-11,14,18-19,24H,6-9,12-13H2,1-2H3/t18-,19+/m0/s1. The summed E-state index contributed by atoms with van der Waals surface area (Å²) in [6.45, 7) is 2.60. The molecule has 2 aromatic rings. The van der Waals surface area contributed by atoms with Crippen LogP contribution in [0, 0.1) is 0 Å². The Morgan fingerprint density at radius 1 is 1.28 bits per heavy atom. The van der Waals surface area contributed by atoms with Crippen molar-refractivity contribution in [2.45, 2.75) is 43.7 Å². The minimum Gasteiger partial charge on any atom is -0.497 e. The molecule has 4 rings (SSSR count). The van der Waals surface area contributed by atoms with Gasteiger partial charge < -0.3 is 9.84 Å². The lowest BCUT2D eigenvalue weighted by Gasteiger charge is -2.36. The number of methoxy groups -OCH3 is 1. The first kappa shape index (κ1) is 16.6. The van der Waals surface area contributed by atoms with Crippen LogP contribution in [0.25, 0.3) is 0 Å². The maximum atomic E-state index is 10.7. The summed E-state index contributed by atoms with van der Waals surface area (Å²) in [5.74, 6) is 1.74. The van der Waals surface area contributed by atoms with Gasteiger partial charge in [0, 0.05) is 43.2 Å². The summed E-state index contributed by atoms with van der Waals surface area (Å²) in [5.41, 5.74) is 3.90. The van der Waals surface area contributed by atoms with Gasteiger partial charge in [-0.1, -0.05) is 12.1 Å². The lowest BCUT2D eigenvalue weighted by molar-refractivity contribution is 0.0475. The van der Waals surface area contributed by atoms with Crippen molar-refractivity contribution in [3.05, 3.63) is 47.3 Å². The number of nitrogens with zero attached hydrogens (tertiary/aromatic N) is 3. The second-order valence-electron chi connectivity index (χ2n) is 7.43. The van der Waals surface area contributed by atoms with E-state index < -0.39 is 0 Å². The largest absolute Gasteiger partial charge is 0.497 e. The second-order valence-corrected chi connectivity index (χ2v) is 7.43. The third-order valence-electron chi connectivity index (χ3n) is 5.61. The van der Waals surface area contributed by atoms with Crippen LogP contribution < -0.4 is 4.74 Å². The van der Waals surface area contributed by atoms with E-state index in [0.29, 0.717) is 12.5 Å². The van der Waals surface area contributed by atoms with Crippen molar-refractivity contribution >= 4 is 0 Å². The Kier molecular flexibility index (Phi) is 4.52. The van der Waals surface area contributed by atoms with Gasteiger partial charge in [-0.25, -0.2) is 0 Å². The number of piperidine rings is 1. The van der Waals surface area contributed by atoms with Crippen molar-refractivity contribution in [3.63, 3.8) is 0 Å². The maximum Gasteiger partial charge on any atom is 0.119 e. The Morgan fingerprint density at radius 2 is 2.12 bits per heavy atom. The number of aliphatic hydroxyl groups excluding tert-OH is 1. The van der Waals surface area contributed by atoms with Crippen LogP contribution in [0.2, 0.25) is 0 Å². The number of aromatic nitrogens is 2. The van der Waals surface area contributed by atoms with Crippen molar-refractivity contribution in [2.24, 2.45) is 7.05 Å². The quantitative estimate of drug-likeness (QED) is 0.908. The first-order valence-corrected chi connectivity index (χ1v) is 9.21. The minimum atomic E-state index is -0.345. The van der Waals surface area contributed by atoms with Gasteiger partial charge in [0.1, 0.15) is 5.75 Å². The van der Waals surface area contributed by atoms with Gasteiger partial charge in [-0.3, -0.25) is 9.58 Å². The maximum absolute atomic E-state index is 10.7. The molecule has 134 valence electrons. The monoisotopic (exact) mass is 341 g/mol. The highest BCUT2D eigenvalue weighted by molar-refractivity contribution is 5.32. The molecule has 1 aromatic heterocycles. The van der Waals surface area contributed by atoms with Crippen LogP contribution in [-0.2, 0) is 13.6 Å². The van der Waals surface area contributed by atoms with E-state index in [1.165, 1.54) is 29.7 Å². The summed E-state index contributed by atoms with van der Waals surface area (Å²) in [7, 11) is 3.73. The third-order valence-corrected chi connectivity index (χ3v) is 5.61. The molecular weight excluding hydrogens is 314 g/mol. The molecular formula is C20H27N3O2. The average Bonchev–Trinajstić information content (AvgIpc) is 3.39. The van der Waals surface area contributed by atoms with E-state index >= 15 is 0 Å². The Hall–Kier alpha value is -1.85. The van der Waals surface area contributed by atoms with Crippen molar-refractivity contribution in [2.75, 3.05) is 20.2 Å². The van der Waals surface area contributed by atoms with Crippen LogP contribution in [0.5, 0.6) is 5.75 Å². The molecule has 2 aliphatic rings. The molecule has 1 aliphatic carbocycles. The lowest BCUT2D eigenvalue weighted by Crippen LogP contribution is -2.42. The molecule has 2 heterocycles. The topological polar surface area (TPSA) is 50.5 Å². The van der Waals surface area contributed by atoms with E-state index in [1.54, 1.807) is 7.11 Å². The SMILES string of the molecule is COc1cccc([C@@H]2CCN(Cc3cnn(C)c3C3CC3)C[C@H]2O)c1. The summed E-state index contributed by atoms with van der Waals surface area (Å²) in [6.07, 6.45) is 5.20. The molecule has 2 atom stereocenters. The number of aryl methyl sites for hydroxylation is 1. The van der Waals surface area contributed by atoms with Crippen molar-refractivity contribution in [1.82, 2.24) is 14.7 Å². The summed E-state index contributed by atoms with van der Waals surface area (Å²) >= 11 is 0. The van der Waals surface area contributed by atoms with E-state index in [9.17, 15) is 5.11 Å². The van der Waals surface area contributed by atoms with Crippen LogP contribution in [0.1, 0.15) is 47.9 Å². The van der Waals surface area contributed by atoms with Crippen LogP contribution in [0.15, 0.2) is 30.5 Å². The Balaban J connectivity index is 1.43. The van der Waals surface area contributed by atoms with E-state index in [0.717, 1.165) is 25.3 Å². The summed E-state index contributed by atoms with van der Waals surface area (Å²) in [5, 5.41) is 15.2. The first-order chi connectivity index (χ1) is 12.2. The fourth-order valence-corrected chi connectivity index (χ4v) is 4.14. The zero-order valence-corrected chi connectivity index (χ0v) is 15.1. The molecule has 0 spiro atoms. The zero-order valence-electron chi connectivity index (χ0n) is 15.1. The van der Waals surface area contributed by atoms with Gasteiger partial charge in [-0.05, 0) is 43.5 Å². The summed E-state index contributed by atoms with van der Waals surface area (Å²) in [4.78, 5) is 2.37. The molecule has 1 aliphatic heterocycles. The van der Waals surface area contributed by atoms with E-state index in [1.807, 2.05) is 30.1 Å². The summed E-state index contributed by atoms with van der Waals surface area (Å²) < 4.78 is 7.36. The smallest absolute Gasteiger partial charge is 0.119 e. The Bertz CT molecular complexity index is 738. The van der Waals surface area contributed by atoms with E-state index in [2.05, 4.69) is 22.1 Å². The highest BCUT2D eigenvalue weighted by Gasteiger charge is 2.32. The Labute approximate surface area is 149 Å². The summed E-state index contributed by atoms with van der Waals surface area (Å²) in [6, 6.07) is 8.10. The fraction of sp³-hybridized carbons (Fsp3) is 0.550. The number of hydrogen-bond donors (Lipinski definition) is 1. The number of benzene rings is 1. The molecule has 1 saturated heterocycles. The molecule has 25 heavy (non-hydrogen) atoms. The first-order valence-electron chi connectivity index (χ1n) is 9.21. The molecule has 0 unspecified atom stereocenters. The van der Waals surface area contributed by atoms with Gasteiger partial charge in [0.15, 0.2) is 0 Å². The number of β-amino-alcohol motifs (C(OH)–C–C–N with tert-alkyl or cyclic N) is 1. The molecule has 5 heteroatoms. The van der Waals surface area contributed by atoms with Gasteiger partial charge in [-0.2, -0.15) is 5.10 Å². The number of rotatable bonds is 5. The highest BCUT2D eigenvalue weighted by atomic mass is 16.5. The zero-order chi connectivity index (χ0) is 17.4. The van der Waals surface area contributed by atoms with Gasteiger partial charge >= 0.3 is 0 Å². The lowest BCUT2D eigenvalue weighted by atomic mass is 9.87. The van der Waals surface area contributed by atoms with Crippen LogP contribution in [0.3, 0.4) is 0 Å². The molecule has 2 fully saturated rings. The number of hydrogen-bond acceptors (Lipinski definition) is 4. The van der Waals surface area contributed by atoms with Gasteiger partial charge in [0.2, 0.25) is 0 Å². The van der Waals surface area contributed by atoms with Crippen molar-refractivity contribution in [1.29, 1.82) is 0 Å². The second kappa shape index (κ2) is 6.81. The van der Waals surface area contributed by atoms with Crippen LogP contribution >= 0.6 is 0 Å². The predicted octanol–water partition coefficient (Wildman–Crippen LogP) is 2.66. The molecule has 0 radical (unpaired) electrons. The number of ether oxygens (including phenoxy) is 1. The minimum absolute atomic E-state index is 0.183. The molecule has 1 N–H and O–H groups in total. The van der Waals surface area contributed by atoms with Crippen LogP contribution in [0.4, 0.5) is 0 Å².